The van der Waals surface area contributed by atoms with Crippen molar-refractivity contribution >= 4 is 28.6 Å². The van der Waals surface area contributed by atoms with Gasteiger partial charge in [0.05, 0.1) is 18.0 Å². The Morgan fingerprint density at radius 2 is 2.14 bits per heavy atom. The van der Waals surface area contributed by atoms with Gasteiger partial charge in [0.1, 0.15) is 5.25 Å². The molecule has 0 amide bonds. The van der Waals surface area contributed by atoms with Crippen molar-refractivity contribution in [2.75, 3.05) is 7.11 Å². The molecule has 1 aliphatic rings. The number of benzene rings is 1. The molecule has 0 bridgehead atoms. The Bertz CT molecular complexity index is 752. The maximum absolute atomic E-state index is 12.6. The Kier molecular flexibility index (Phi) is 3.71. The molecule has 0 N–H and O–H groups in total. The Hall–Kier alpha value is -1.82. The molecule has 0 radical (unpaired) electrons. The summed E-state index contributed by atoms with van der Waals surface area (Å²) in [5.74, 6) is -0.315. The molecule has 1 aromatic heterocycles. The third kappa shape index (κ3) is 2.68. The number of methoxy groups -OCH3 is 1. The quantitative estimate of drug-likeness (QED) is 0.493. The highest BCUT2D eigenvalue weighted by Crippen LogP contribution is 2.37. The molecule has 2 aromatic rings. The molecule has 1 aromatic carbocycles. The van der Waals surface area contributed by atoms with Crippen LogP contribution < -0.4 is 5.56 Å². The molecule has 1 unspecified atom stereocenters. The summed E-state index contributed by atoms with van der Waals surface area (Å²) in [5.41, 5.74) is 0.640. The number of para-hydroxylation sites is 1. The van der Waals surface area contributed by atoms with Gasteiger partial charge in [0, 0.05) is 6.04 Å². The maximum Gasteiger partial charge on any atom is 0.318 e. The number of carbonyl (C=O) groups excluding carboxylic acids is 1. The van der Waals surface area contributed by atoms with Gasteiger partial charge in [-0.3, -0.25) is 14.2 Å². The second-order valence-electron chi connectivity index (χ2n) is 5.10. The molecule has 1 saturated carbocycles. The fourth-order valence-corrected chi connectivity index (χ4v) is 3.24. The van der Waals surface area contributed by atoms with Crippen LogP contribution in [-0.2, 0) is 9.53 Å². The fourth-order valence-electron chi connectivity index (χ4n) is 2.24. The lowest BCUT2D eigenvalue weighted by atomic mass is 10.2. The van der Waals surface area contributed by atoms with Crippen LogP contribution in [0, 0.1) is 0 Å². The van der Waals surface area contributed by atoms with Crippen molar-refractivity contribution in [1.29, 1.82) is 0 Å². The molecule has 1 aliphatic carbocycles. The smallest absolute Gasteiger partial charge is 0.318 e. The van der Waals surface area contributed by atoms with Crippen LogP contribution in [0.1, 0.15) is 25.8 Å². The van der Waals surface area contributed by atoms with Gasteiger partial charge in [0.25, 0.3) is 5.56 Å². The van der Waals surface area contributed by atoms with E-state index in [0.29, 0.717) is 16.1 Å². The van der Waals surface area contributed by atoms with Gasteiger partial charge in [0.2, 0.25) is 0 Å². The lowest BCUT2D eigenvalue weighted by Gasteiger charge is -2.14. The Morgan fingerprint density at radius 3 is 2.81 bits per heavy atom. The minimum Gasteiger partial charge on any atom is -0.468 e. The van der Waals surface area contributed by atoms with Crippen LogP contribution in [0.5, 0.6) is 0 Å². The average Bonchev–Trinajstić information content (AvgIpc) is 3.31. The van der Waals surface area contributed by atoms with Gasteiger partial charge in [-0.05, 0) is 31.9 Å². The molecule has 5 nitrogen and oxygen atoms in total. The van der Waals surface area contributed by atoms with Gasteiger partial charge in [-0.15, -0.1) is 0 Å². The van der Waals surface area contributed by atoms with Crippen molar-refractivity contribution in [3.05, 3.63) is 34.6 Å². The summed E-state index contributed by atoms with van der Waals surface area (Å²) in [6.45, 7) is 1.76. The Morgan fingerprint density at radius 1 is 1.43 bits per heavy atom. The van der Waals surface area contributed by atoms with Crippen molar-refractivity contribution in [3.63, 3.8) is 0 Å². The summed E-state index contributed by atoms with van der Waals surface area (Å²) in [7, 11) is 1.36. The molecule has 0 spiro atoms. The second kappa shape index (κ2) is 5.52. The van der Waals surface area contributed by atoms with E-state index in [0.717, 1.165) is 12.8 Å². The molecule has 1 atom stereocenters. The molecule has 3 rings (SSSR count). The van der Waals surface area contributed by atoms with Gasteiger partial charge >= 0.3 is 5.97 Å². The molecule has 0 aliphatic heterocycles. The predicted molar refractivity (Wildman–Crippen MR) is 81.6 cm³/mol. The monoisotopic (exact) mass is 304 g/mol. The van der Waals surface area contributed by atoms with Crippen LogP contribution in [0.2, 0.25) is 0 Å². The minimum absolute atomic E-state index is 0.0253. The number of aromatic nitrogens is 2. The van der Waals surface area contributed by atoms with E-state index in [1.54, 1.807) is 17.6 Å². The molecule has 1 fully saturated rings. The predicted octanol–water partition coefficient (Wildman–Crippen LogP) is 2.38. The number of nitrogens with zero attached hydrogens (tertiary/aromatic N) is 2. The van der Waals surface area contributed by atoms with Crippen LogP contribution in [0.15, 0.2) is 34.2 Å². The summed E-state index contributed by atoms with van der Waals surface area (Å²) in [5, 5.41) is 0.826. The fraction of sp³-hybridized carbons (Fsp3) is 0.400. The first kappa shape index (κ1) is 14.1. The second-order valence-corrected chi connectivity index (χ2v) is 6.41. The Labute approximate surface area is 126 Å². The zero-order valence-electron chi connectivity index (χ0n) is 11.9. The molecular weight excluding hydrogens is 288 g/mol. The summed E-state index contributed by atoms with van der Waals surface area (Å²) in [4.78, 5) is 28.8. The number of hydrogen-bond acceptors (Lipinski definition) is 5. The molecule has 110 valence electrons. The molecule has 0 saturated heterocycles. The number of carbonyl (C=O) groups is 1. The zero-order valence-corrected chi connectivity index (χ0v) is 12.7. The minimum atomic E-state index is -0.395. The Balaban J connectivity index is 2.10. The van der Waals surface area contributed by atoms with E-state index < -0.39 is 5.25 Å². The van der Waals surface area contributed by atoms with Gasteiger partial charge < -0.3 is 4.74 Å². The van der Waals surface area contributed by atoms with Crippen LogP contribution in [0.25, 0.3) is 10.9 Å². The number of hydrogen-bond donors (Lipinski definition) is 0. The first-order valence-corrected chi connectivity index (χ1v) is 7.75. The van der Waals surface area contributed by atoms with Gasteiger partial charge in [0.15, 0.2) is 5.16 Å². The van der Waals surface area contributed by atoms with Gasteiger partial charge in [-0.25, -0.2) is 4.98 Å². The highest BCUT2D eigenvalue weighted by molar-refractivity contribution is 8.00. The van der Waals surface area contributed by atoms with Gasteiger partial charge in [-0.1, -0.05) is 23.9 Å². The highest BCUT2D eigenvalue weighted by Gasteiger charge is 2.30. The number of thioether (sulfide) groups is 1. The van der Waals surface area contributed by atoms with E-state index in [2.05, 4.69) is 4.98 Å². The van der Waals surface area contributed by atoms with E-state index in [1.807, 2.05) is 18.2 Å². The summed E-state index contributed by atoms with van der Waals surface area (Å²) in [6, 6.07) is 7.52. The first-order chi connectivity index (χ1) is 10.1. The van der Waals surface area contributed by atoms with Crippen LogP contribution in [0.3, 0.4) is 0 Å². The van der Waals surface area contributed by atoms with Crippen molar-refractivity contribution in [2.24, 2.45) is 0 Å². The average molecular weight is 304 g/mol. The number of rotatable bonds is 4. The SMILES string of the molecule is COC(=O)C(C)Sc1nc2ccccc2c(=O)n1C1CC1. The molecule has 21 heavy (non-hydrogen) atoms. The highest BCUT2D eigenvalue weighted by atomic mass is 32.2. The van der Waals surface area contributed by atoms with E-state index in [1.165, 1.54) is 18.9 Å². The van der Waals surface area contributed by atoms with E-state index in [9.17, 15) is 9.59 Å². The molecular formula is C15H16N2O3S. The van der Waals surface area contributed by atoms with E-state index in [4.69, 9.17) is 4.74 Å². The van der Waals surface area contributed by atoms with Crippen molar-refractivity contribution in [1.82, 2.24) is 9.55 Å². The zero-order chi connectivity index (χ0) is 15.0. The normalized spacial score (nSPS) is 15.9. The molecule has 6 heteroatoms. The number of esters is 1. The van der Waals surface area contributed by atoms with Crippen molar-refractivity contribution in [3.8, 4) is 0 Å². The first-order valence-electron chi connectivity index (χ1n) is 6.87. The maximum atomic E-state index is 12.6. The number of ether oxygens (including phenoxy) is 1. The largest absolute Gasteiger partial charge is 0.468 e. The summed E-state index contributed by atoms with van der Waals surface area (Å²) in [6.07, 6.45) is 1.97. The van der Waals surface area contributed by atoms with Crippen molar-refractivity contribution in [2.45, 2.75) is 36.2 Å². The lowest BCUT2D eigenvalue weighted by Crippen LogP contribution is -2.24. The standard InChI is InChI=1S/C15H16N2O3S/c1-9(14(19)20-2)21-15-16-12-6-4-3-5-11(12)13(18)17(15)10-7-8-10/h3-6,9-10H,7-8H2,1-2H3. The van der Waals surface area contributed by atoms with Crippen molar-refractivity contribution < 1.29 is 9.53 Å². The van der Waals surface area contributed by atoms with Crippen LogP contribution in [0.4, 0.5) is 0 Å². The topological polar surface area (TPSA) is 61.2 Å². The summed E-state index contributed by atoms with van der Waals surface area (Å²) >= 11 is 1.28. The third-order valence-corrected chi connectivity index (χ3v) is 4.55. The third-order valence-electron chi connectivity index (χ3n) is 3.50. The lowest BCUT2D eigenvalue weighted by molar-refractivity contribution is -0.139. The molecule has 1 heterocycles. The van der Waals surface area contributed by atoms with E-state index >= 15 is 0 Å². The van der Waals surface area contributed by atoms with E-state index in [-0.39, 0.29) is 17.6 Å². The van der Waals surface area contributed by atoms with Gasteiger partial charge in [-0.2, -0.15) is 0 Å². The summed E-state index contributed by atoms with van der Waals surface area (Å²) < 4.78 is 6.47. The number of fused-ring (bicyclic) bond motifs is 1. The van der Waals surface area contributed by atoms with Crippen LogP contribution in [-0.4, -0.2) is 27.9 Å². The van der Waals surface area contributed by atoms with Crippen LogP contribution >= 0.6 is 11.8 Å².